The molecule has 0 atom stereocenters. The van der Waals surface area contributed by atoms with E-state index in [1.807, 2.05) is 60.7 Å². The molecule has 0 amide bonds. The second-order valence-electron chi connectivity index (χ2n) is 12.9. The lowest BCUT2D eigenvalue weighted by Gasteiger charge is -2.20. The molecule has 0 aliphatic heterocycles. The maximum absolute atomic E-state index is 11.5. The van der Waals surface area contributed by atoms with Crippen LogP contribution in [0.2, 0.25) is 0 Å². The topological polar surface area (TPSA) is 89.6 Å². The van der Waals surface area contributed by atoms with Crippen LogP contribution in [0.5, 0.6) is 0 Å². The summed E-state index contributed by atoms with van der Waals surface area (Å²) in [4.78, 5) is 21.9. The maximum Gasteiger partial charge on any atom is 0.187 e. The summed E-state index contributed by atoms with van der Waals surface area (Å²) in [5.41, 5.74) is 9.57. The van der Waals surface area contributed by atoms with Gasteiger partial charge in [-0.25, -0.2) is 24.8 Å². The van der Waals surface area contributed by atoms with Gasteiger partial charge in [-0.1, -0.05) is 84.9 Å². The zero-order chi connectivity index (χ0) is 36.2. The standard InChI is InChI=1S/C46H26N8/c1-48-32-10-6-9-29(25-32)33-19-20-41(53-39-13-4-2-11-34(39)36-17-15-30(26-42(36)53)45-49-21-7-22-50-45)38(28-47)44(33)54-40-14-5-3-12-35(40)37-18-16-31(27-43(37)54)46-51-23-8-24-52-46/h2-27H. The Morgan fingerprint density at radius 1 is 0.500 bits per heavy atom. The normalized spacial score (nSPS) is 11.3. The highest BCUT2D eigenvalue weighted by Gasteiger charge is 2.25. The summed E-state index contributed by atoms with van der Waals surface area (Å²) in [5, 5.41) is 15.7. The lowest BCUT2D eigenvalue weighted by molar-refractivity contribution is 1.12. The molecule has 8 heteroatoms. The predicted molar refractivity (Wildman–Crippen MR) is 214 cm³/mol. The van der Waals surface area contributed by atoms with E-state index in [9.17, 15) is 5.26 Å². The Morgan fingerprint density at radius 2 is 1.06 bits per heavy atom. The predicted octanol–water partition coefficient (Wildman–Crippen LogP) is 10.9. The van der Waals surface area contributed by atoms with E-state index in [0.717, 1.165) is 71.6 Å². The molecule has 250 valence electrons. The van der Waals surface area contributed by atoms with Gasteiger partial charge in [0.1, 0.15) is 11.6 Å². The van der Waals surface area contributed by atoms with Crippen molar-refractivity contribution in [3.8, 4) is 51.3 Å². The minimum absolute atomic E-state index is 0.480. The van der Waals surface area contributed by atoms with Gasteiger partial charge in [-0.3, -0.25) is 0 Å². The first-order valence-corrected chi connectivity index (χ1v) is 17.4. The van der Waals surface area contributed by atoms with Crippen molar-refractivity contribution in [2.45, 2.75) is 0 Å². The van der Waals surface area contributed by atoms with Crippen LogP contribution in [0.15, 0.2) is 158 Å². The average molecular weight is 691 g/mol. The quantitative estimate of drug-likeness (QED) is 0.168. The molecule has 0 saturated heterocycles. The Morgan fingerprint density at radius 3 is 1.65 bits per heavy atom. The molecular formula is C46H26N8. The van der Waals surface area contributed by atoms with E-state index in [-0.39, 0.29) is 0 Å². The van der Waals surface area contributed by atoms with Crippen LogP contribution < -0.4 is 0 Å². The number of para-hydroxylation sites is 2. The molecule has 8 nitrogen and oxygen atoms in total. The summed E-state index contributed by atoms with van der Waals surface area (Å²) >= 11 is 0. The summed E-state index contributed by atoms with van der Waals surface area (Å²) in [6.45, 7) is 7.80. The average Bonchev–Trinajstić information content (AvgIpc) is 3.75. The second-order valence-corrected chi connectivity index (χ2v) is 12.9. The summed E-state index contributed by atoms with van der Waals surface area (Å²) < 4.78 is 4.37. The Labute approximate surface area is 309 Å². The minimum atomic E-state index is 0.480. The van der Waals surface area contributed by atoms with Crippen molar-refractivity contribution >= 4 is 49.3 Å². The smallest absolute Gasteiger partial charge is 0.187 e. The van der Waals surface area contributed by atoms with E-state index >= 15 is 0 Å². The lowest BCUT2D eigenvalue weighted by atomic mass is 9.97. The number of hydrogen-bond donors (Lipinski definition) is 0. The third-order valence-corrected chi connectivity index (χ3v) is 10.0. The fraction of sp³-hybridized carbons (Fsp3) is 0. The minimum Gasteiger partial charge on any atom is -0.308 e. The molecule has 0 aliphatic rings. The molecular weight excluding hydrogens is 665 g/mol. The van der Waals surface area contributed by atoms with Gasteiger partial charge in [-0.05, 0) is 54.1 Å². The van der Waals surface area contributed by atoms with Crippen molar-refractivity contribution < 1.29 is 0 Å². The van der Waals surface area contributed by atoms with E-state index < -0.39 is 0 Å². The number of nitrogens with zero attached hydrogens (tertiary/aromatic N) is 8. The van der Waals surface area contributed by atoms with Crippen LogP contribution in [-0.2, 0) is 0 Å². The summed E-state index contributed by atoms with van der Waals surface area (Å²) in [6, 6.07) is 47.0. The number of fused-ring (bicyclic) bond motifs is 6. The molecule has 0 saturated carbocycles. The fourth-order valence-electron chi connectivity index (χ4n) is 7.70. The molecule has 0 unspecified atom stereocenters. The SMILES string of the molecule is [C-]#[N+]c1cccc(-c2ccc(-n3c4ccccc4c4ccc(-c5ncccn5)cc43)c(C#N)c2-n2c3ccccc3c3ccc(-c4ncccn4)cc32)c1. The Kier molecular flexibility index (Phi) is 7.07. The zero-order valence-electron chi connectivity index (χ0n) is 28.6. The van der Waals surface area contributed by atoms with Gasteiger partial charge < -0.3 is 9.13 Å². The molecule has 10 rings (SSSR count). The highest BCUT2D eigenvalue weighted by atomic mass is 15.0. The lowest BCUT2D eigenvalue weighted by Crippen LogP contribution is -2.06. The van der Waals surface area contributed by atoms with Gasteiger partial charge in [0, 0.05) is 63.0 Å². The summed E-state index contributed by atoms with van der Waals surface area (Å²) in [7, 11) is 0. The van der Waals surface area contributed by atoms with Crippen LogP contribution in [0.3, 0.4) is 0 Å². The number of aromatic nitrogens is 6. The van der Waals surface area contributed by atoms with Crippen LogP contribution in [0, 0.1) is 17.9 Å². The van der Waals surface area contributed by atoms with Crippen LogP contribution >= 0.6 is 0 Å². The molecule has 54 heavy (non-hydrogen) atoms. The highest BCUT2D eigenvalue weighted by Crippen LogP contribution is 2.43. The molecule has 10 aromatic rings. The van der Waals surface area contributed by atoms with E-state index in [2.05, 4.69) is 94.6 Å². The molecule has 0 fully saturated rings. The van der Waals surface area contributed by atoms with Crippen LogP contribution in [0.25, 0.3) is 93.7 Å². The molecule has 0 spiro atoms. The first-order valence-electron chi connectivity index (χ1n) is 17.4. The van der Waals surface area contributed by atoms with Crippen molar-refractivity contribution in [1.29, 1.82) is 5.26 Å². The van der Waals surface area contributed by atoms with Crippen LogP contribution in [0.4, 0.5) is 5.69 Å². The molecule has 0 aliphatic carbocycles. The largest absolute Gasteiger partial charge is 0.308 e. The molecule has 4 aromatic heterocycles. The maximum atomic E-state index is 11.5. The zero-order valence-corrected chi connectivity index (χ0v) is 28.6. The molecule has 4 heterocycles. The van der Waals surface area contributed by atoms with E-state index in [0.29, 0.717) is 28.6 Å². The van der Waals surface area contributed by atoms with Gasteiger partial charge >= 0.3 is 0 Å². The highest BCUT2D eigenvalue weighted by molar-refractivity contribution is 6.12. The first-order chi connectivity index (χ1) is 26.7. The van der Waals surface area contributed by atoms with E-state index in [1.54, 1.807) is 43.0 Å². The molecule has 0 radical (unpaired) electrons. The van der Waals surface area contributed by atoms with E-state index in [4.69, 9.17) is 6.57 Å². The van der Waals surface area contributed by atoms with Crippen molar-refractivity contribution in [2.24, 2.45) is 0 Å². The third kappa shape index (κ3) is 4.76. The summed E-state index contributed by atoms with van der Waals surface area (Å²) in [6.07, 6.45) is 6.96. The Hall–Kier alpha value is -7.94. The number of rotatable bonds is 5. The second kappa shape index (κ2) is 12.4. The van der Waals surface area contributed by atoms with Crippen molar-refractivity contribution in [1.82, 2.24) is 29.1 Å². The van der Waals surface area contributed by atoms with Gasteiger partial charge in [-0.2, -0.15) is 5.26 Å². The van der Waals surface area contributed by atoms with Crippen molar-refractivity contribution in [3.63, 3.8) is 0 Å². The monoisotopic (exact) mass is 690 g/mol. The molecule has 0 bridgehead atoms. The number of hydrogen-bond acceptors (Lipinski definition) is 5. The molecule has 0 N–H and O–H groups in total. The van der Waals surface area contributed by atoms with E-state index in [1.165, 1.54) is 0 Å². The summed E-state index contributed by atoms with van der Waals surface area (Å²) in [5.74, 6) is 1.23. The van der Waals surface area contributed by atoms with Gasteiger partial charge in [0.25, 0.3) is 0 Å². The van der Waals surface area contributed by atoms with Crippen LogP contribution in [0.1, 0.15) is 5.56 Å². The Balaban J connectivity index is 1.35. The fourth-order valence-corrected chi connectivity index (χ4v) is 7.70. The third-order valence-electron chi connectivity index (χ3n) is 10.0. The van der Waals surface area contributed by atoms with Gasteiger partial charge in [0.2, 0.25) is 0 Å². The van der Waals surface area contributed by atoms with Crippen molar-refractivity contribution in [3.05, 3.63) is 175 Å². The number of benzene rings is 6. The number of nitriles is 1. The van der Waals surface area contributed by atoms with Crippen LogP contribution in [-0.4, -0.2) is 29.1 Å². The van der Waals surface area contributed by atoms with Crippen molar-refractivity contribution in [2.75, 3.05) is 0 Å². The first kappa shape index (κ1) is 30.8. The molecule has 6 aromatic carbocycles. The van der Waals surface area contributed by atoms with Gasteiger partial charge in [-0.15, -0.1) is 0 Å². The van der Waals surface area contributed by atoms with Gasteiger partial charge in [0.15, 0.2) is 17.3 Å². The van der Waals surface area contributed by atoms with Gasteiger partial charge in [0.05, 0.1) is 40.0 Å². The Bertz CT molecular complexity index is 3180.